The van der Waals surface area contributed by atoms with Crippen LogP contribution in [-0.2, 0) is 31.6 Å². The first kappa shape index (κ1) is 31.3. The van der Waals surface area contributed by atoms with Crippen LogP contribution in [0.3, 0.4) is 0 Å². The monoisotopic (exact) mass is 546 g/mol. The molecule has 3 aliphatic rings. The summed E-state index contributed by atoms with van der Waals surface area (Å²) in [6.45, 7) is 18.5. The molecule has 0 aliphatic carbocycles. The van der Waals surface area contributed by atoms with Gasteiger partial charge in [-0.25, -0.2) is 0 Å². The predicted molar refractivity (Wildman–Crippen MR) is 165 cm³/mol. The van der Waals surface area contributed by atoms with E-state index < -0.39 is 0 Å². The smallest absolute Gasteiger partial charge is 0.399 e. The lowest BCUT2D eigenvalue weighted by Gasteiger charge is -2.32. The molecule has 3 heterocycles. The topological polar surface area (TPSA) is 43.4 Å². The van der Waals surface area contributed by atoms with Gasteiger partial charge in [0.05, 0.1) is 37.6 Å². The van der Waals surface area contributed by atoms with Gasteiger partial charge in [0.15, 0.2) is 0 Å². The summed E-state index contributed by atoms with van der Waals surface area (Å²) in [7, 11) is 5.38. The molecule has 0 atom stereocenters. The molecule has 40 heavy (non-hydrogen) atoms. The fourth-order valence-electron chi connectivity index (χ4n) is 5.17. The Balaban J connectivity index is 0.000000201. The number of rotatable bonds is 9. The van der Waals surface area contributed by atoms with E-state index in [1.54, 1.807) is 0 Å². The van der Waals surface area contributed by atoms with E-state index in [1.165, 1.54) is 30.5 Å². The van der Waals surface area contributed by atoms with Gasteiger partial charge < -0.3 is 18.8 Å². The quantitative estimate of drug-likeness (QED) is 0.451. The summed E-state index contributed by atoms with van der Waals surface area (Å²) < 4.78 is 22.9. The second kappa shape index (κ2) is 15.0. The zero-order valence-corrected chi connectivity index (χ0v) is 25.2. The van der Waals surface area contributed by atoms with Crippen molar-refractivity contribution in [2.75, 3.05) is 65.7 Å². The van der Waals surface area contributed by atoms with Crippen LogP contribution in [0.25, 0.3) is 0 Å². The highest BCUT2D eigenvalue weighted by molar-refractivity contribution is 6.62. The van der Waals surface area contributed by atoms with Crippen LogP contribution >= 0.6 is 0 Å². The van der Waals surface area contributed by atoms with Crippen LogP contribution < -0.4 is 10.9 Å². The number of morpholine rings is 2. The maximum atomic E-state index is 6.11. The lowest BCUT2D eigenvalue weighted by molar-refractivity contribution is 0.00578. The molecule has 0 unspecified atom stereocenters. The Morgan fingerprint density at radius 1 is 0.650 bits per heavy atom. The first-order chi connectivity index (χ1) is 19.2. The average molecular weight is 546 g/mol. The summed E-state index contributed by atoms with van der Waals surface area (Å²) in [6, 6.07) is 16.9. The molecule has 0 aromatic heterocycles. The van der Waals surface area contributed by atoms with Gasteiger partial charge in [0.25, 0.3) is 0 Å². The highest BCUT2D eigenvalue weighted by Crippen LogP contribution is 2.36. The number of benzene rings is 2. The summed E-state index contributed by atoms with van der Waals surface area (Å²) in [4.78, 5) is 4.96. The summed E-state index contributed by atoms with van der Waals surface area (Å²) >= 11 is 0. The van der Waals surface area contributed by atoms with Gasteiger partial charge in [-0.15, -0.1) is 0 Å². The Bertz CT molecular complexity index is 989. The molecule has 0 saturated carbocycles. The van der Waals surface area contributed by atoms with E-state index in [4.69, 9.17) is 26.6 Å². The standard InChI is InChI=1S/C19H30BNO3.C13H18BNO/c1-18(2)19(3,4)24-20(23-18)17-9-7-16(8-10-17)6-5-11-21-12-14-22-15-13-21;14-13-5-3-12(4-6-13)2-1-7-15-8-10-16-11-9-15/h7-10H,5-6,11-15H2,1-4H3;3-6H,1-2,7-11H2. The molecule has 0 N–H and O–H groups in total. The van der Waals surface area contributed by atoms with E-state index in [1.807, 2.05) is 12.1 Å². The van der Waals surface area contributed by atoms with E-state index in [0.717, 1.165) is 82.9 Å². The normalized spacial score (nSPS) is 21.1. The highest BCUT2D eigenvalue weighted by Gasteiger charge is 2.51. The average Bonchev–Trinajstić information content (AvgIpc) is 3.18. The van der Waals surface area contributed by atoms with Crippen LogP contribution in [0.5, 0.6) is 0 Å². The molecule has 3 aliphatic heterocycles. The van der Waals surface area contributed by atoms with E-state index in [0.29, 0.717) is 0 Å². The molecule has 2 aromatic carbocycles. The lowest BCUT2D eigenvalue weighted by Crippen LogP contribution is -2.41. The maximum Gasteiger partial charge on any atom is 0.494 e. The Hall–Kier alpha value is -1.67. The summed E-state index contributed by atoms with van der Waals surface area (Å²) in [5, 5.41) is 0. The summed E-state index contributed by atoms with van der Waals surface area (Å²) in [5.74, 6) is 0. The molecule has 2 aromatic rings. The van der Waals surface area contributed by atoms with Gasteiger partial charge >= 0.3 is 7.12 Å². The van der Waals surface area contributed by atoms with E-state index in [2.05, 4.69) is 73.9 Å². The van der Waals surface area contributed by atoms with Crippen LogP contribution in [-0.4, -0.2) is 102 Å². The minimum Gasteiger partial charge on any atom is -0.399 e. The van der Waals surface area contributed by atoms with Crippen molar-refractivity contribution < 1.29 is 18.8 Å². The number of ether oxygens (including phenoxy) is 2. The minimum absolute atomic E-state index is 0.266. The van der Waals surface area contributed by atoms with Crippen LogP contribution in [0.1, 0.15) is 51.7 Å². The first-order valence-corrected chi connectivity index (χ1v) is 15.1. The zero-order chi connectivity index (χ0) is 28.4. The van der Waals surface area contributed by atoms with Crippen molar-refractivity contribution in [1.29, 1.82) is 0 Å². The summed E-state index contributed by atoms with van der Waals surface area (Å²) in [6.07, 6.45) is 4.65. The first-order valence-electron chi connectivity index (χ1n) is 15.1. The number of aryl methyl sites for hydroxylation is 2. The van der Waals surface area contributed by atoms with Crippen LogP contribution in [0, 0.1) is 0 Å². The van der Waals surface area contributed by atoms with Crippen molar-refractivity contribution in [1.82, 2.24) is 9.80 Å². The zero-order valence-electron chi connectivity index (χ0n) is 25.2. The fourth-order valence-corrected chi connectivity index (χ4v) is 5.17. The molecular weight excluding hydrogens is 498 g/mol. The molecule has 3 saturated heterocycles. The molecule has 216 valence electrons. The number of hydrogen-bond donors (Lipinski definition) is 0. The third kappa shape index (κ3) is 9.43. The van der Waals surface area contributed by atoms with E-state index in [9.17, 15) is 0 Å². The van der Waals surface area contributed by atoms with Gasteiger partial charge in [0.2, 0.25) is 0 Å². The van der Waals surface area contributed by atoms with Gasteiger partial charge in [-0.05, 0) is 83.1 Å². The van der Waals surface area contributed by atoms with Gasteiger partial charge in [-0.2, -0.15) is 0 Å². The van der Waals surface area contributed by atoms with Crippen LogP contribution in [0.4, 0.5) is 0 Å². The third-order valence-electron chi connectivity index (χ3n) is 8.57. The molecule has 0 spiro atoms. The molecule has 6 nitrogen and oxygen atoms in total. The molecular formula is C32H48B2N2O4. The Morgan fingerprint density at radius 2 is 1.05 bits per heavy atom. The van der Waals surface area contributed by atoms with E-state index in [-0.39, 0.29) is 18.3 Å². The van der Waals surface area contributed by atoms with E-state index >= 15 is 0 Å². The molecule has 3 fully saturated rings. The summed E-state index contributed by atoms with van der Waals surface area (Å²) in [5.41, 5.74) is 4.14. The molecule has 0 amide bonds. The molecule has 2 radical (unpaired) electrons. The second-order valence-corrected chi connectivity index (χ2v) is 12.2. The third-order valence-corrected chi connectivity index (χ3v) is 8.57. The van der Waals surface area contributed by atoms with Gasteiger partial charge in [-0.3, -0.25) is 9.80 Å². The maximum absolute atomic E-state index is 6.11. The molecule has 0 bridgehead atoms. The Labute approximate surface area is 244 Å². The van der Waals surface area contributed by atoms with Crippen molar-refractivity contribution in [3.8, 4) is 0 Å². The number of nitrogens with zero attached hydrogens (tertiary/aromatic N) is 2. The second-order valence-electron chi connectivity index (χ2n) is 12.2. The van der Waals surface area contributed by atoms with Crippen molar-refractivity contribution in [3.05, 3.63) is 59.7 Å². The van der Waals surface area contributed by atoms with Crippen LogP contribution in [0.2, 0.25) is 0 Å². The Morgan fingerprint density at radius 3 is 1.48 bits per heavy atom. The lowest BCUT2D eigenvalue weighted by atomic mass is 9.78. The largest absolute Gasteiger partial charge is 0.494 e. The number of hydrogen-bond acceptors (Lipinski definition) is 6. The van der Waals surface area contributed by atoms with Crippen molar-refractivity contribution in [2.24, 2.45) is 0 Å². The van der Waals surface area contributed by atoms with Gasteiger partial charge in [0, 0.05) is 26.2 Å². The van der Waals surface area contributed by atoms with Gasteiger partial charge in [0.1, 0.15) is 7.85 Å². The molecule has 5 rings (SSSR count). The SMILES string of the molecule is CC1(C)OB(c2ccc(CCCN3CCOCC3)cc2)OC1(C)C.[B]c1ccc(CCCN2CCOCC2)cc1. The fraction of sp³-hybridized carbons (Fsp3) is 0.625. The molecule has 8 heteroatoms. The minimum atomic E-state index is -0.283. The van der Waals surface area contributed by atoms with Crippen molar-refractivity contribution in [2.45, 2.75) is 64.6 Å². The Kier molecular flexibility index (Phi) is 11.7. The van der Waals surface area contributed by atoms with Crippen LogP contribution in [0.15, 0.2) is 48.5 Å². The van der Waals surface area contributed by atoms with Crippen molar-refractivity contribution >= 4 is 25.9 Å². The van der Waals surface area contributed by atoms with Crippen molar-refractivity contribution in [3.63, 3.8) is 0 Å². The predicted octanol–water partition coefficient (Wildman–Crippen LogP) is 3.00. The highest BCUT2D eigenvalue weighted by atomic mass is 16.7. The van der Waals surface area contributed by atoms with Gasteiger partial charge in [-0.1, -0.05) is 54.0 Å².